The molecule has 0 spiro atoms. The number of ether oxygens (including phenoxy) is 1. The summed E-state index contributed by atoms with van der Waals surface area (Å²) in [6, 6.07) is 17.1. The summed E-state index contributed by atoms with van der Waals surface area (Å²) < 4.78 is 18.6. The maximum Gasteiger partial charge on any atom is 0.245 e. The van der Waals surface area contributed by atoms with E-state index < -0.39 is 18.1 Å². The van der Waals surface area contributed by atoms with Gasteiger partial charge in [-0.15, -0.1) is 0 Å². The average Bonchev–Trinajstić information content (AvgIpc) is 2.70. The van der Waals surface area contributed by atoms with Gasteiger partial charge in [-0.05, 0) is 67.6 Å². The molecule has 0 saturated carbocycles. The summed E-state index contributed by atoms with van der Waals surface area (Å²) in [5.41, 5.74) is 7.09. The normalized spacial score (nSPS) is 12.9. The molecule has 0 aliphatic carbocycles. The SMILES string of the molecule is CC(O)C(N)C(=O)Nc1cccc(-c2ccc(Oc3ccc(F)cc3)cc2)n1. The number of amides is 1. The fourth-order valence-corrected chi connectivity index (χ4v) is 2.43. The fourth-order valence-electron chi connectivity index (χ4n) is 2.43. The molecule has 6 nitrogen and oxygen atoms in total. The molecule has 0 fully saturated rings. The zero-order valence-corrected chi connectivity index (χ0v) is 15.2. The molecule has 0 saturated heterocycles. The van der Waals surface area contributed by atoms with Crippen molar-refractivity contribution < 1.29 is 19.0 Å². The van der Waals surface area contributed by atoms with E-state index in [1.165, 1.54) is 19.1 Å². The minimum absolute atomic E-state index is 0.324. The Morgan fingerprint density at radius 3 is 2.29 bits per heavy atom. The van der Waals surface area contributed by atoms with Crippen LogP contribution in [0.4, 0.5) is 10.2 Å². The van der Waals surface area contributed by atoms with E-state index in [1.54, 1.807) is 42.5 Å². The van der Waals surface area contributed by atoms with Crippen molar-refractivity contribution >= 4 is 11.7 Å². The van der Waals surface area contributed by atoms with Gasteiger partial charge < -0.3 is 20.9 Å². The van der Waals surface area contributed by atoms with E-state index in [0.717, 1.165) is 5.56 Å². The second-order valence-electron chi connectivity index (χ2n) is 6.24. The van der Waals surface area contributed by atoms with E-state index in [1.807, 2.05) is 12.1 Å². The molecular formula is C21H20FN3O3. The average molecular weight is 381 g/mol. The Labute approximate surface area is 161 Å². The number of hydrogen-bond donors (Lipinski definition) is 3. The number of aliphatic hydroxyl groups is 1. The number of nitrogens with two attached hydrogens (primary N) is 1. The maximum absolute atomic E-state index is 13.0. The Kier molecular flexibility index (Phi) is 5.98. The number of aliphatic hydroxyl groups excluding tert-OH is 1. The zero-order valence-electron chi connectivity index (χ0n) is 15.2. The second-order valence-corrected chi connectivity index (χ2v) is 6.24. The number of carbonyl (C=O) groups excluding carboxylic acids is 1. The predicted molar refractivity (Wildman–Crippen MR) is 104 cm³/mol. The molecule has 0 bridgehead atoms. The molecule has 2 aromatic carbocycles. The van der Waals surface area contributed by atoms with Crippen LogP contribution in [-0.4, -0.2) is 28.1 Å². The van der Waals surface area contributed by atoms with Crippen molar-refractivity contribution in [2.75, 3.05) is 5.32 Å². The van der Waals surface area contributed by atoms with E-state index in [9.17, 15) is 14.3 Å². The first-order valence-electron chi connectivity index (χ1n) is 8.68. The van der Waals surface area contributed by atoms with Crippen molar-refractivity contribution in [3.05, 3.63) is 72.5 Å². The summed E-state index contributed by atoms with van der Waals surface area (Å²) >= 11 is 0. The quantitative estimate of drug-likeness (QED) is 0.608. The lowest BCUT2D eigenvalue weighted by atomic mass is 10.1. The summed E-state index contributed by atoms with van der Waals surface area (Å²) in [7, 11) is 0. The molecule has 0 radical (unpaired) electrons. The van der Waals surface area contributed by atoms with Crippen LogP contribution < -0.4 is 15.8 Å². The summed E-state index contributed by atoms with van der Waals surface area (Å²) in [4.78, 5) is 16.4. The Morgan fingerprint density at radius 2 is 1.68 bits per heavy atom. The predicted octanol–water partition coefficient (Wildman–Crippen LogP) is 3.33. The van der Waals surface area contributed by atoms with E-state index in [4.69, 9.17) is 10.5 Å². The monoisotopic (exact) mass is 381 g/mol. The Morgan fingerprint density at radius 1 is 1.07 bits per heavy atom. The van der Waals surface area contributed by atoms with Crippen molar-refractivity contribution in [3.63, 3.8) is 0 Å². The number of nitrogens with zero attached hydrogens (tertiary/aromatic N) is 1. The number of aromatic nitrogens is 1. The lowest BCUT2D eigenvalue weighted by Crippen LogP contribution is -2.43. The smallest absolute Gasteiger partial charge is 0.245 e. The number of benzene rings is 2. The van der Waals surface area contributed by atoms with Gasteiger partial charge in [-0.25, -0.2) is 9.37 Å². The molecule has 2 unspecified atom stereocenters. The van der Waals surface area contributed by atoms with Crippen molar-refractivity contribution in [3.8, 4) is 22.8 Å². The number of rotatable bonds is 6. The topological polar surface area (TPSA) is 97.5 Å². The van der Waals surface area contributed by atoms with E-state index in [-0.39, 0.29) is 5.82 Å². The number of hydrogen-bond acceptors (Lipinski definition) is 5. The highest BCUT2D eigenvalue weighted by molar-refractivity contribution is 5.94. The van der Waals surface area contributed by atoms with Gasteiger partial charge in [0.15, 0.2) is 0 Å². The Hall–Kier alpha value is -3.29. The minimum atomic E-state index is -1.03. The summed E-state index contributed by atoms with van der Waals surface area (Å²) in [6.07, 6.45) is -0.961. The fraction of sp³-hybridized carbons (Fsp3) is 0.143. The van der Waals surface area contributed by atoms with Gasteiger partial charge in [0.2, 0.25) is 5.91 Å². The molecule has 0 aliphatic rings. The van der Waals surface area contributed by atoms with Crippen LogP contribution in [0.1, 0.15) is 6.92 Å². The van der Waals surface area contributed by atoms with Crippen molar-refractivity contribution in [2.45, 2.75) is 19.1 Å². The lowest BCUT2D eigenvalue weighted by molar-refractivity contribution is -0.119. The highest BCUT2D eigenvalue weighted by Gasteiger charge is 2.19. The first-order valence-corrected chi connectivity index (χ1v) is 8.68. The molecule has 7 heteroatoms. The van der Waals surface area contributed by atoms with Crippen LogP contribution in [0.25, 0.3) is 11.3 Å². The molecule has 4 N–H and O–H groups in total. The third-order valence-corrected chi connectivity index (χ3v) is 4.02. The zero-order chi connectivity index (χ0) is 20.1. The van der Waals surface area contributed by atoms with Gasteiger partial charge in [-0.2, -0.15) is 0 Å². The molecular weight excluding hydrogens is 361 g/mol. The van der Waals surface area contributed by atoms with Crippen molar-refractivity contribution in [2.24, 2.45) is 5.73 Å². The van der Waals surface area contributed by atoms with Gasteiger partial charge in [0.1, 0.15) is 29.2 Å². The molecule has 144 valence electrons. The molecule has 28 heavy (non-hydrogen) atoms. The minimum Gasteiger partial charge on any atom is -0.457 e. The van der Waals surface area contributed by atoms with Crippen LogP contribution in [-0.2, 0) is 4.79 Å². The summed E-state index contributed by atoms with van der Waals surface area (Å²) in [5, 5.41) is 12.0. The number of nitrogens with one attached hydrogen (secondary N) is 1. The molecule has 0 aliphatic heterocycles. The summed E-state index contributed by atoms with van der Waals surface area (Å²) in [6.45, 7) is 1.45. The van der Waals surface area contributed by atoms with Crippen LogP contribution in [0.15, 0.2) is 66.7 Å². The summed E-state index contributed by atoms with van der Waals surface area (Å²) in [5.74, 6) is 0.636. The van der Waals surface area contributed by atoms with Gasteiger partial charge in [0.05, 0.1) is 11.8 Å². The van der Waals surface area contributed by atoms with Crippen LogP contribution in [0.5, 0.6) is 11.5 Å². The third-order valence-electron chi connectivity index (χ3n) is 4.02. The van der Waals surface area contributed by atoms with Crippen LogP contribution >= 0.6 is 0 Å². The largest absolute Gasteiger partial charge is 0.457 e. The van der Waals surface area contributed by atoms with Crippen LogP contribution in [0.2, 0.25) is 0 Å². The highest BCUT2D eigenvalue weighted by atomic mass is 19.1. The number of carbonyl (C=O) groups is 1. The van der Waals surface area contributed by atoms with Gasteiger partial charge >= 0.3 is 0 Å². The molecule has 1 aromatic heterocycles. The van der Waals surface area contributed by atoms with E-state index in [0.29, 0.717) is 23.0 Å². The van der Waals surface area contributed by atoms with E-state index >= 15 is 0 Å². The molecule has 3 aromatic rings. The van der Waals surface area contributed by atoms with Crippen LogP contribution in [0.3, 0.4) is 0 Å². The highest BCUT2D eigenvalue weighted by Crippen LogP contribution is 2.25. The third kappa shape index (κ3) is 4.91. The molecule has 1 heterocycles. The number of pyridine rings is 1. The maximum atomic E-state index is 13.0. The van der Waals surface area contributed by atoms with Gasteiger partial charge in [0.25, 0.3) is 0 Å². The Balaban J connectivity index is 1.71. The van der Waals surface area contributed by atoms with Crippen molar-refractivity contribution in [1.29, 1.82) is 0 Å². The second kappa shape index (κ2) is 8.60. The first kappa shape index (κ1) is 19.5. The Bertz CT molecular complexity index is 944. The van der Waals surface area contributed by atoms with Crippen LogP contribution in [0, 0.1) is 5.82 Å². The van der Waals surface area contributed by atoms with Gasteiger partial charge in [-0.1, -0.05) is 6.07 Å². The van der Waals surface area contributed by atoms with Crippen molar-refractivity contribution in [1.82, 2.24) is 4.98 Å². The number of anilines is 1. The molecule has 3 rings (SSSR count). The number of halogens is 1. The molecule has 2 atom stereocenters. The first-order chi connectivity index (χ1) is 13.4. The van der Waals surface area contributed by atoms with Gasteiger partial charge in [0, 0.05) is 5.56 Å². The van der Waals surface area contributed by atoms with E-state index in [2.05, 4.69) is 10.3 Å². The van der Waals surface area contributed by atoms with Gasteiger partial charge in [-0.3, -0.25) is 4.79 Å². The molecule has 1 amide bonds. The lowest BCUT2D eigenvalue weighted by Gasteiger charge is -2.14. The standard InChI is InChI=1S/C21H20FN3O3/c1-13(26)20(23)21(27)25-19-4-2-3-18(24-19)14-5-9-16(10-6-14)28-17-11-7-15(22)8-12-17/h2-13,20,26H,23H2,1H3,(H,24,25,27).